The van der Waals surface area contributed by atoms with E-state index in [2.05, 4.69) is 4.98 Å². The highest BCUT2D eigenvalue weighted by Gasteiger charge is 2.34. The van der Waals surface area contributed by atoms with E-state index in [0.29, 0.717) is 23.4 Å². The topological polar surface area (TPSA) is 70.6 Å². The van der Waals surface area contributed by atoms with Crippen LogP contribution in [0.2, 0.25) is 0 Å². The van der Waals surface area contributed by atoms with Crippen molar-refractivity contribution in [3.05, 3.63) is 89.5 Å². The molecular weight excluding hydrogens is 465 g/mol. The van der Waals surface area contributed by atoms with Gasteiger partial charge in [0, 0.05) is 30.9 Å². The van der Waals surface area contributed by atoms with Crippen LogP contribution in [0.3, 0.4) is 0 Å². The molecule has 0 unspecified atom stereocenters. The van der Waals surface area contributed by atoms with Gasteiger partial charge in [0.05, 0.1) is 17.1 Å². The Morgan fingerprint density at radius 3 is 2.46 bits per heavy atom. The van der Waals surface area contributed by atoms with Gasteiger partial charge in [-0.05, 0) is 91.8 Å². The molecule has 0 spiro atoms. The van der Waals surface area contributed by atoms with Crippen LogP contribution in [0.15, 0.2) is 71.8 Å². The van der Waals surface area contributed by atoms with Crippen LogP contribution in [0.25, 0.3) is 0 Å². The molecule has 6 nitrogen and oxygen atoms in total. The maximum atomic E-state index is 13.6. The lowest BCUT2D eigenvalue weighted by Crippen LogP contribution is -2.44. The van der Waals surface area contributed by atoms with Crippen molar-refractivity contribution in [2.24, 2.45) is 5.92 Å². The van der Waals surface area contributed by atoms with Gasteiger partial charge >= 0.3 is 0 Å². The molecule has 0 saturated carbocycles. The number of pyridine rings is 1. The van der Waals surface area contributed by atoms with E-state index in [0.717, 1.165) is 30.5 Å². The van der Waals surface area contributed by atoms with E-state index in [-0.39, 0.29) is 37.3 Å². The number of carbonyl (C=O) groups is 1. The van der Waals surface area contributed by atoms with E-state index in [1.165, 1.54) is 22.0 Å². The predicted molar refractivity (Wildman–Crippen MR) is 132 cm³/mol. The molecule has 3 aromatic rings. The number of halogens is 1. The number of aryl methyl sites for hydroxylation is 2. The molecule has 2 heterocycles. The van der Waals surface area contributed by atoms with E-state index in [1.54, 1.807) is 29.3 Å². The van der Waals surface area contributed by atoms with Crippen molar-refractivity contribution in [2.45, 2.75) is 43.5 Å². The summed E-state index contributed by atoms with van der Waals surface area (Å²) >= 11 is 0. The van der Waals surface area contributed by atoms with Crippen LogP contribution in [0.1, 0.15) is 36.1 Å². The SMILES string of the molecule is O=C(C1CCN(S(=O)(=O)c2ccc3c(c2)CCC3)CC1)N(Cc1ccccn1)c1ccc(F)cc1. The van der Waals surface area contributed by atoms with Gasteiger partial charge in [-0.25, -0.2) is 12.8 Å². The van der Waals surface area contributed by atoms with Gasteiger partial charge in [-0.3, -0.25) is 9.78 Å². The molecule has 8 heteroatoms. The number of anilines is 1. The molecule has 1 saturated heterocycles. The summed E-state index contributed by atoms with van der Waals surface area (Å²) in [6.45, 7) is 0.840. The number of hydrogen-bond acceptors (Lipinski definition) is 4. The molecule has 0 bridgehead atoms. The standard InChI is InChI=1S/C27H28FN3O3S/c28-23-8-10-25(11-9-23)31(19-24-6-1-2-15-29-24)27(32)21-13-16-30(17-14-21)35(33,34)26-12-7-20-4-3-5-22(20)18-26/h1-2,6-12,15,18,21H,3-5,13-14,16-17,19H2. The molecule has 1 fully saturated rings. The van der Waals surface area contributed by atoms with E-state index in [9.17, 15) is 17.6 Å². The van der Waals surface area contributed by atoms with Gasteiger partial charge in [-0.15, -0.1) is 0 Å². The summed E-state index contributed by atoms with van der Waals surface area (Å²) in [5.74, 6) is -0.795. The zero-order valence-electron chi connectivity index (χ0n) is 19.4. The number of rotatable bonds is 6. The highest BCUT2D eigenvalue weighted by molar-refractivity contribution is 7.89. The van der Waals surface area contributed by atoms with Crippen LogP contribution in [0.4, 0.5) is 10.1 Å². The molecule has 1 aliphatic carbocycles. The van der Waals surface area contributed by atoms with Crippen molar-refractivity contribution < 1.29 is 17.6 Å². The third-order valence-electron chi connectivity index (χ3n) is 6.96. The average molecular weight is 494 g/mol. The smallest absolute Gasteiger partial charge is 0.243 e. The Labute approximate surface area is 205 Å². The summed E-state index contributed by atoms with van der Waals surface area (Å²) in [6.07, 6.45) is 5.53. The molecule has 2 aliphatic rings. The normalized spacial score (nSPS) is 16.7. The first kappa shape index (κ1) is 23.6. The molecule has 0 N–H and O–H groups in total. The summed E-state index contributed by atoms with van der Waals surface area (Å²) in [5, 5.41) is 0. The number of aromatic nitrogens is 1. The Morgan fingerprint density at radius 2 is 1.74 bits per heavy atom. The lowest BCUT2D eigenvalue weighted by Gasteiger charge is -2.33. The first-order valence-electron chi connectivity index (χ1n) is 12.0. The molecular formula is C27H28FN3O3S. The van der Waals surface area contributed by atoms with Crippen LogP contribution in [0, 0.1) is 11.7 Å². The minimum atomic E-state index is -3.60. The summed E-state index contributed by atoms with van der Waals surface area (Å²) in [5.41, 5.74) is 3.68. The third-order valence-corrected chi connectivity index (χ3v) is 8.86. The Morgan fingerprint density at radius 1 is 1.00 bits per heavy atom. The molecule has 182 valence electrons. The lowest BCUT2D eigenvalue weighted by atomic mass is 9.96. The van der Waals surface area contributed by atoms with Crippen molar-refractivity contribution in [1.82, 2.24) is 9.29 Å². The maximum absolute atomic E-state index is 13.6. The monoisotopic (exact) mass is 493 g/mol. The van der Waals surface area contributed by atoms with Gasteiger partial charge in [0.1, 0.15) is 5.82 Å². The van der Waals surface area contributed by atoms with Crippen molar-refractivity contribution in [2.75, 3.05) is 18.0 Å². The van der Waals surface area contributed by atoms with Gasteiger partial charge in [0.25, 0.3) is 0 Å². The van der Waals surface area contributed by atoms with Crippen LogP contribution in [-0.2, 0) is 34.2 Å². The third kappa shape index (κ3) is 4.99. The number of amides is 1. The Hall–Kier alpha value is -3.10. The number of fused-ring (bicyclic) bond motifs is 1. The molecule has 0 atom stereocenters. The van der Waals surface area contributed by atoms with Crippen LogP contribution in [-0.4, -0.2) is 36.7 Å². The largest absolute Gasteiger partial charge is 0.306 e. The fourth-order valence-corrected chi connectivity index (χ4v) is 6.51. The highest BCUT2D eigenvalue weighted by Crippen LogP contribution is 2.30. The zero-order chi connectivity index (χ0) is 24.4. The second kappa shape index (κ2) is 9.87. The number of carbonyl (C=O) groups excluding carboxylic acids is 1. The molecule has 35 heavy (non-hydrogen) atoms. The van der Waals surface area contributed by atoms with Gasteiger partial charge in [-0.1, -0.05) is 12.1 Å². The Balaban J connectivity index is 1.31. The van der Waals surface area contributed by atoms with E-state index >= 15 is 0 Å². The fraction of sp³-hybridized carbons (Fsp3) is 0.333. The summed E-state index contributed by atoms with van der Waals surface area (Å²) < 4.78 is 41.6. The zero-order valence-corrected chi connectivity index (χ0v) is 20.3. The minimum absolute atomic E-state index is 0.100. The fourth-order valence-electron chi connectivity index (χ4n) is 4.99. The quantitative estimate of drug-likeness (QED) is 0.512. The first-order chi connectivity index (χ1) is 16.9. The number of hydrogen-bond donors (Lipinski definition) is 0. The Bertz CT molecular complexity index is 1310. The van der Waals surface area contributed by atoms with Crippen LogP contribution in [0.5, 0.6) is 0 Å². The molecule has 1 aromatic heterocycles. The van der Waals surface area contributed by atoms with Gasteiger partial charge in [0.2, 0.25) is 15.9 Å². The van der Waals surface area contributed by atoms with Crippen molar-refractivity contribution in [3.63, 3.8) is 0 Å². The first-order valence-corrected chi connectivity index (χ1v) is 13.4. The van der Waals surface area contributed by atoms with E-state index in [4.69, 9.17) is 0 Å². The number of sulfonamides is 1. The summed E-state index contributed by atoms with van der Waals surface area (Å²) in [7, 11) is -3.60. The predicted octanol–water partition coefficient (Wildman–Crippen LogP) is 4.34. The summed E-state index contributed by atoms with van der Waals surface area (Å²) in [6, 6.07) is 16.8. The minimum Gasteiger partial charge on any atom is -0.306 e. The highest BCUT2D eigenvalue weighted by atomic mass is 32.2. The second-order valence-corrected chi connectivity index (χ2v) is 11.1. The molecule has 1 aliphatic heterocycles. The van der Waals surface area contributed by atoms with E-state index in [1.807, 2.05) is 30.3 Å². The van der Waals surface area contributed by atoms with Crippen LogP contribution >= 0.6 is 0 Å². The lowest BCUT2D eigenvalue weighted by molar-refractivity contribution is -0.123. The number of piperidine rings is 1. The molecule has 5 rings (SSSR count). The number of nitrogens with zero attached hydrogens (tertiary/aromatic N) is 3. The second-order valence-electron chi connectivity index (χ2n) is 9.18. The van der Waals surface area contributed by atoms with Crippen molar-refractivity contribution in [1.29, 1.82) is 0 Å². The molecule has 1 amide bonds. The molecule has 0 radical (unpaired) electrons. The van der Waals surface area contributed by atoms with Gasteiger partial charge in [-0.2, -0.15) is 4.31 Å². The van der Waals surface area contributed by atoms with E-state index < -0.39 is 10.0 Å². The van der Waals surface area contributed by atoms with Crippen molar-refractivity contribution >= 4 is 21.6 Å². The van der Waals surface area contributed by atoms with Gasteiger partial charge < -0.3 is 4.90 Å². The summed E-state index contributed by atoms with van der Waals surface area (Å²) in [4.78, 5) is 19.9. The average Bonchev–Trinajstić information content (AvgIpc) is 3.36. The molecule has 2 aromatic carbocycles. The van der Waals surface area contributed by atoms with Crippen molar-refractivity contribution in [3.8, 4) is 0 Å². The maximum Gasteiger partial charge on any atom is 0.243 e. The number of benzene rings is 2. The Kier molecular flexibility index (Phi) is 6.67. The van der Waals surface area contributed by atoms with Crippen LogP contribution < -0.4 is 4.90 Å². The van der Waals surface area contributed by atoms with Gasteiger partial charge in [0.15, 0.2) is 0 Å².